The Morgan fingerprint density at radius 3 is 2.71 bits per heavy atom. The Hall–Kier alpha value is -2.11. The second-order valence-corrected chi connectivity index (χ2v) is 4.54. The van der Waals surface area contributed by atoms with Gasteiger partial charge in [-0.25, -0.2) is 4.79 Å². The van der Waals surface area contributed by atoms with Crippen LogP contribution in [0.1, 0.15) is 29.8 Å². The SMILES string of the molecule is CC1(C)Cc2c(C(=O)O)ccc([N+](=O)[O-])c2O1. The van der Waals surface area contributed by atoms with Crippen LogP contribution < -0.4 is 4.74 Å². The van der Waals surface area contributed by atoms with Crippen LogP contribution >= 0.6 is 0 Å². The molecule has 0 atom stereocenters. The molecular formula is C11H11NO5. The van der Waals surface area contributed by atoms with Crippen molar-refractivity contribution in [1.82, 2.24) is 0 Å². The Labute approximate surface area is 97.0 Å². The zero-order valence-electron chi connectivity index (χ0n) is 9.39. The fourth-order valence-electron chi connectivity index (χ4n) is 1.99. The number of aromatic carboxylic acids is 1. The van der Waals surface area contributed by atoms with Gasteiger partial charge in [-0.3, -0.25) is 10.1 Å². The molecule has 1 aliphatic rings. The Morgan fingerprint density at radius 2 is 2.18 bits per heavy atom. The van der Waals surface area contributed by atoms with Gasteiger partial charge in [0.15, 0.2) is 0 Å². The summed E-state index contributed by atoms with van der Waals surface area (Å²) in [5.41, 5.74) is -0.331. The van der Waals surface area contributed by atoms with Crippen LogP contribution in [-0.2, 0) is 6.42 Å². The molecule has 0 fully saturated rings. The molecule has 0 aromatic heterocycles. The lowest BCUT2D eigenvalue weighted by Gasteiger charge is -2.16. The minimum absolute atomic E-state index is 0.0659. The van der Waals surface area contributed by atoms with E-state index in [-0.39, 0.29) is 17.0 Å². The van der Waals surface area contributed by atoms with Gasteiger partial charge in [-0.1, -0.05) is 0 Å². The van der Waals surface area contributed by atoms with Crippen LogP contribution in [0.15, 0.2) is 12.1 Å². The predicted molar refractivity (Wildman–Crippen MR) is 58.5 cm³/mol. The number of benzene rings is 1. The van der Waals surface area contributed by atoms with E-state index in [4.69, 9.17) is 9.84 Å². The summed E-state index contributed by atoms with van der Waals surface area (Å²) in [4.78, 5) is 21.3. The topological polar surface area (TPSA) is 89.7 Å². The lowest BCUT2D eigenvalue weighted by Crippen LogP contribution is -2.25. The lowest BCUT2D eigenvalue weighted by molar-refractivity contribution is -0.386. The number of hydrogen-bond donors (Lipinski definition) is 1. The van der Waals surface area contributed by atoms with E-state index in [0.717, 1.165) is 0 Å². The highest BCUT2D eigenvalue weighted by Gasteiger charge is 2.38. The zero-order valence-corrected chi connectivity index (χ0v) is 9.39. The third-order valence-corrected chi connectivity index (χ3v) is 2.65. The van der Waals surface area contributed by atoms with Gasteiger partial charge in [0.2, 0.25) is 5.75 Å². The fourth-order valence-corrected chi connectivity index (χ4v) is 1.99. The number of fused-ring (bicyclic) bond motifs is 1. The molecular weight excluding hydrogens is 226 g/mol. The van der Waals surface area contributed by atoms with Crippen LogP contribution in [0, 0.1) is 10.1 Å². The first kappa shape index (κ1) is 11.4. The fraction of sp³-hybridized carbons (Fsp3) is 0.364. The first-order chi connectivity index (χ1) is 7.82. The van der Waals surface area contributed by atoms with E-state index in [0.29, 0.717) is 12.0 Å². The first-order valence-corrected chi connectivity index (χ1v) is 5.04. The van der Waals surface area contributed by atoms with Crippen LogP contribution in [0.2, 0.25) is 0 Å². The lowest BCUT2D eigenvalue weighted by atomic mass is 9.97. The van der Waals surface area contributed by atoms with Gasteiger partial charge in [0, 0.05) is 18.1 Å². The number of carboxylic acids is 1. The molecule has 0 radical (unpaired) electrons. The maximum atomic E-state index is 11.0. The van der Waals surface area contributed by atoms with Gasteiger partial charge in [0.1, 0.15) is 5.60 Å². The molecule has 1 aromatic carbocycles. The molecule has 0 saturated carbocycles. The van der Waals surface area contributed by atoms with Gasteiger partial charge < -0.3 is 9.84 Å². The van der Waals surface area contributed by atoms with Gasteiger partial charge >= 0.3 is 11.7 Å². The smallest absolute Gasteiger partial charge is 0.336 e. The molecule has 1 heterocycles. The molecule has 2 rings (SSSR count). The van der Waals surface area contributed by atoms with Crippen LogP contribution in [0.3, 0.4) is 0 Å². The zero-order chi connectivity index (χ0) is 12.8. The molecule has 0 saturated heterocycles. The molecule has 0 amide bonds. The first-order valence-electron chi connectivity index (χ1n) is 5.04. The molecule has 1 aromatic rings. The highest BCUT2D eigenvalue weighted by Crippen LogP contribution is 2.43. The molecule has 6 heteroatoms. The number of nitro benzene ring substituents is 1. The van der Waals surface area contributed by atoms with Crippen molar-refractivity contribution in [2.24, 2.45) is 0 Å². The third-order valence-electron chi connectivity index (χ3n) is 2.65. The molecule has 6 nitrogen and oxygen atoms in total. The molecule has 0 spiro atoms. The Morgan fingerprint density at radius 1 is 1.53 bits per heavy atom. The van der Waals surface area contributed by atoms with E-state index >= 15 is 0 Å². The van der Waals surface area contributed by atoms with Crippen molar-refractivity contribution < 1.29 is 19.6 Å². The Balaban J connectivity index is 2.65. The number of rotatable bonds is 2. The van der Waals surface area contributed by atoms with Crippen LogP contribution in [0.25, 0.3) is 0 Å². The summed E-state index contributed by atoms with van der Waals surface area (Å²) in [7, 11) is 0. The van der Waals surface area contributed by atoms with Crippen molar-refractivity contribution in [3.63, 3.8) is 0 Å². The highest BCUT2D eigenvalue weighted by atomic mass is 16.6. The number of hydrogen-bond acceptors (Lipinski definition) is 4. The molecule has 0 aliphatic carbocycles. The summed E-state index contributed by atoms with van der Waals surface area (Å²) in [5, 5.41) is 19.9. The van der Waals surface area contributed by atoms with Crippen LogP contribution in [-0.4, -0.2) is 21.6 Å². The summed E-state index contributed by atoms with van der Waals surface area (Å²) in [5.74, 6) is -1.02. The van der Waals surface area contributed by atoms with Gasteiger partial charge in [-0.2, -0.15) is 0 Å². The standard InChI is InChI=1S/C11H11NO5/c1-11(2)5-7-6(10(13)14)3-4-8(12(15)16)9(7)17-11/h3-4H,5H2,1-2H3,(H,13,14). The summed E-state index contributed by atoms with van der Waals surface area (Å²) < 4.78 is 5.47. The van der Waals surface area contributed by atoms with Crippen LogP contribution in [0.5, 0.6) is 5.75 Å². The van der Waals surface area contributed by atoms with Gasteiger partial charge in [-0.05, 0) is 19.9 Å². The van der Waals surface area contributed by atoms with Crippen molar-refractivity contribution in [2.45, 2.75) is 25.9 Å². The number of carboxylic acid groups (broad SMARTS) is 1. The quantitative estimate of drug-likeness (QED) is 0.627. The van der Waals surface area contributed by atoms with Crippen molar-refractivity contribution in [3.8, 4) is 5.75 Å². The Bertz CT molecular complexity index is 476. The molecule has 17 heavy (non-hydrogen) atoms. The third kappa shape index (κ3) is 1.82. The molecule has 0 bridgehead atoms. The largest absolute Gasteiger partial charge is 0.480 e. The van der Waals surface area contributed by atoms with Crippen molar-refractivity contribution in [1.29, 1.82) is 0 Å². The van der Waals surface area contributed by atoms with Gasteiger partial charge in [-0.15, -0.1) is 0 Å². The normalized spacial score (nSPS) is 16.1. The van der Waals surface area contributed by atoms with Gasteiger partial charge in [0.25, 0.3) is 0 Å². The molecule has 1 N–H and O–H groups in total. The minimum Gasteiger partial charge on any atom is -0.480 e. The van der Waals surface area contributed by atoms with Crippen molar-refractivity contribution in [3.05, 3.63) is 33.4 Å². The second-order valence-electron chi connectivity index (χ2n) is 4.54. The average molecular weight is 237 g/mol. The number of carbonyl (C=O) groups is 1. The highest BCUT2D eigenvalue weighted by molar-refractivity contribution is 5.91. The summed E-state index contributed by atoms with van der Waals surface area (Å²) in [6.45, 7) is 3.53. The number of nitro groups is 1. The number of nitrogens with zero attached hydrogens (tertiary/aromatic N) is 1. The summed E-state index contributed by atoms with van der Waals surface area (Å²) in [6.07, 6.45) is 0.353. The maximum Gasteiger partial charge on any atom is 0.336 e. The molecule has 1 aliphatic heterocycles. The molecule has 0 unspecified atom stereocenters. The Kier molecular flexibility index (Phi) is 2.30. The van der Waals surface area contributed by atoms with Crippen molar-refractivity contribution in [2.75, 3.05) is 0 Å². The van der Waals surface area contributed by atoms with Crippen molar-refractivity contribution >= 4 is 11.7 Å². The number of ether oxygens (including phenoxy) is 1. The summed E-state index contributed by atoms with van der Waals surface area (Å²) >= 11 is 0. The predicted octanol–water partition coefficient (Wildman–Crippen LogP) is 2.01. The van der Waals surface area contributed by atoms with E-state index < -0.39 is 16.5 Å². The monoisotopic (exact) mass is 237 g/mol. The average Bonchev–Trinajstić information content (AvgIpc) is 2.49. The van der Waals surface area contributed by atoms with E-state index in [1.54, 1.807) is 13.8 Å². The minimum atomic E-state index is -1.10. The molecule has 90 valence electrons. The van der Waals surface area contributed by atoms with E-state index in [2.05, 4.69) is 0 Å². The maximum absolute atomic E-state index is 11.0. The second kappa shape index (κ2) is 3.44. The van der Waals surface area contributed by atoms with E-state index in [1.165, 1.54) is 12.1 Å². The van der Waals surface area contributed by atoms with E-state index in [9.17, 15) is 14.9 Å². The summed E-state index contributed by atoms with van der Waals surface area (Å²) in [6, 6.07) is 2.42. The van der Waals surface area contributed by atoms with Crippen LogP contribution in [0.4, 0.5) is 5.69 Å². The van der Waals surface area contributed by atoms with E-state index in [1.807, 2.05) is 0 Å². The van der Waals surface area contributed by atoms with Gasteiger partial charge in [0.05, 0.1) is 10.5 Å².